The van der Waals surface area contributed by atoms with Gasteiger partial charge in [0.05, 0.1) is 5.69 Å². The zero-order chi connectivity index (χ0) is 7.56. The van der Waals surface area contributed by atoms with Gasteiger partial charge in [-0.2, -0.15) is 5.10 Å². The summed E-state index contributed by atoms with van der Waals surface area (Å²) in [6.45, 7) is 0.369. The second-order valence-corrected chi connectivity index (χ2v) is 1.99. The number of nitrogens with zero attached hydrogens (tertiary/aromatic N) is 2. The van der Waals surface area contributed by atoms with Gasteiger partial charge in [0, 0.05) is 19.7 Å². The minimum Gasteiger partial charge on any atom is -0.325 e. The molecule has 11 heavy (non-hydrogen) atoms. The van der Waals surface area contributed by atoms with Gasteiger partial charge in [0.25, 0.3) is 5.56 Å². The molecule has 1 heterocycles. The molecule has 0 saturated carbocycles. The van der Waals surface area contributed by atoms with Gasteiger partial charge in [0.1, 0.15) is 0 Å². The van der Waals surface area contributed by atoms with E-state index >= 15 is 0 Å². The molecule has 1 aromatic heterocycles. The lowest BCUT2D eigenvalue weighted by molar-refractivity contribution is 0.678. The van der Waals surface area contributed by atoms with Crippen LogP contribution in [0.3, 0.4) is 0 Å². The molecular formula is C6H10ClN3O. The fraction of sp³-hybridized carbons (Fsp3) is 0.333. The highest BCUT2D eigenvalue weighted by molar-refractivity contribution is 5.85. The third kappa shape index (κ3) is 2.32. The van der Waals surface area contributed by atoms with Crippen LogP contribution in [0.4, 0.5) is 0 Å². The number of halogens is 1. The second kappa shape index (κ2) is 4.10. The number of rotatable bonds is 1. The van der Waals surface area contributed by atoms with Crippen molar-refractivity contribution >= 4 is 12.4 Å². The lowest BCUT2D eigenvalue weighted by Crippen LogP contribution is -2.20. The van der Waals surface area contributed by atoms with Crippen LogP contribution in [-0.4, -0.2) is 9.78 Å². The van der Waals surface area contributed by atoms with E-state index in [-0.39, 0.29) is 18.0 Å². The molecule has 1 rings (SSSR count). The molecule has 62 valence electrons. The molecule has 0 aliphatic heterocycles. The third-order valence-electron chi connectivity index (χ3n) is 1.22. The Labute approximate surface area is 70.4 Å². The van der Waals surface area contributed by atoms with Crippen molar-refractivity contribution in [2.45, 2.75) is 6.54 Å². The Morgan fingerprint density at radius 2 is 2.27 bits per heavy atom. The van der Waals surface area contributed by atoms with Gasteiger partial charge in [-0.3, -0.25) is 4.79 Å². The summed E-state index contributed by atoms with van der Waals surface area (Å²) < 4.78 is 1.27. The zero-order valence-corrected chi connectivity index (χ0v) is 6.97. The Morgan fingerprint density at radius 1 is 1.64 bits per heavy atom. The summed E-state index contributed by atoms with van der Waals surface area (Å²) in [5.41, 5.74) is 5.90. The first kappa shape index (κ1) is 10.1. The lowest BCUT2D eigenvalue weighted by atomic mass is 10.4. The lowest BCUT2D eigenvalue weighted by Gasteiger charge is -1.96. The van der Waals surface area contributed by atoms with Crippen LogP contribution in [0.2, 0.25) is 0 Å². The quantitative estimate of drug-likeness (QED) is 0.636. The molecule has 0 aliphatic rings. The maximum absolute atomic E-state index is 10.7. The van der Waals surface area contributed by atoms with E-state index in [0.29, 0.717) is 6.54 Å². The molecule has 0 fully saturated rings. The van der Waals surface area contributed by atoms with Crippen LogP contribution in [0.15, 0.2) is 16.9 Å². The van der Waals surface area contributed by atoms with Crippen molar-refractivity contribution in [3.63, 3.8) is 0 Å². The van der Waals surface area contributed by atoms with Crippen LogP contribution in [-0.2, 0) is 13.6 Å². The SMILES string of the molecule is Cl.Cn1nc(CN)ccc1=O. The van der Waals surface area contributed by atoms with Crippen LogP contribution in [0.5, 0.6) is 0 Å². The molecule has 0 atom stereocenters. The highest BCUT2D eigenvalue weighted by atomic mass is 35.5. The first-order chi connectivity index (χ1) is 4.74. The Morgan fingerprint density at radius 3 is 2.73 bits per heavy atom. The fourth-order valence-electron chi connectivity index (χ4n) is 0.659. The van der Waals surface area contributed by atoms with Gasteiger partial charge in [-0.15, -0.1) is 12.4 Å². The Hall–Kier alpha value is -0.870. The van der Waals surface area contributed by atoms with Gasteiger partial charge in [-0.05, 0) is 6.07 Å². The van der Waals surface area contributed by atoms with Crippen molar-refractivity contribution in [2.75, 3.05) is 0 Å². The molecule has 0 bridgehead atoms. The summed E-state index contributed by atoms with van der Waals surface area (Å²) in [7, 11) is 1.60. The van der Waals surface area contributed by atoms with Crippen LogP contribution in [0.25, 0.3) is 0 Å². The van der Waals surface area contributed by atoms with Crippen molar-refractivity contribution in [1.82, 2.24) is 9.78 Å². The Balaban J connectivity index is 0.000001000. The normalized spacial score (nSPS) is 8.91. The third-order valence-corrected chi connectivity index (χ3v) is 1.22. The molecular weight excluding hydrogens is 166 g/mol. The predicted octanol–water partition coefficient (Wildman–Crippen LogP) is -0.339. The van der Waals surface area contributed by atoms with Gasteiger partial charge in [-0.25, -0.2) is 4.68 Å². The zero-order valence-electron chi connectivity index (χ0n) is 6.15. The first-order valence-electron chi connectivity index (χ1n) is 2.97. The van der Waals surface area contributed by atoms with Crippen LogP contribution in [0.1, 0.15) is 5.69 Å². The molecule has 0 radical (unpaired) electrons. The highest BCUT2D eigenvalue weighted by Gasteiger charge is 1.91. The minimum atomic E-state index is -0.114. The summed E-state index contributed by atoms with van der Waals surface area (Å²) >= 11 is 0. The van der Waals surface area contributed by atoms with E-state index in [0.717, 1.165) is 5.69 Å². The number of hydrogen-bond acceptors (Lipinski definition) is 3. The molecule has 0 aliphatic carbocycles. The van der Waals surface area contributed by atoms with Gasteiger partial charge < -0.3 is 5.73 Å². The monoisotopic (exact) mass is 175 g/mol. The Kier molecular flexibility index (Phi) is 3.78. The molecule has 1 aromatic rings. The maximum atomic E-state index is 10.7. The van der Waals surface area contributed by atoms with E-state index in [4.69, 9.17) is 5.73 Å². The molecule has 2 N–H and O–H groups in total. The molecule has 5 heteroatoms. The van der Waals surface area contributed by atoms with Gasteiger partial charge >= 0.3 is 0 Å². The van der Waals surface area contributed by atoms with E-state index < -0.39 is 0 Å². The van der Waals surface area contributed by atoms with E-state index in [9.17, 15) is 4.79 Å². The average molecular weight is 176 g/mol. The van der Waals surface area contributed by atoms with E-state index in [1.165, 1.54) is 10.7 Å². The minimum absolute atomic E-state index is 0. The van der Waals surface area contributed by atoms with Crippen LogP contribution < -0.4 is 11.3 Å². The fourth-order valence-corrected chi connectivity index (χ4v) is 0.659. The molecule has 0 aromatic carbocycles. The molecule has 0 spiro atoms. The van der Waals surface area contributed by atoms with Gasteiger partial charge in [-0.1, -0.05) is 0 Å². The summed E-state index contributed by atoms with van der Waals surface area (Å²) in [6.07, 6.45) is 0. The first-order valence-corrected chi connectivity index (χ1v) is 2.97. The Bertz CT molecular complexity index is 283. The number of aryl methyl sites for hydroxylation is 1. The van der Waals surface area contributed by atoms with Crippen molar-refractivity contribution in [3.8, 4) is 0 Å². The van der Waals surface area contributed by atoms with E-state index in [1.807, 2.05) is 0 Å². The maximum Gasteiger partial charge on any atom is 0.266 e. The predicted molar refractivity (Wildman–Crippen MR) is 44.6 cm³/mol. The molecule has 4 nitrogen and oxygen atoms in total. The average Bonchev–Trinajstić information content (AvgIpc) is 1.95. The van der Waals surface area contributed by atoms with Crippen molar-refractivity contribution in [3.05, 3.63) is 28.2 Å². The topological polar surface area (TPSA) is 60.9 Å². The second-order valence-electron chi connectivity index (χ2n) is 1.99. The summed E-state index contributed by atoms with van der Waals surface area (Å²) in [4.78, 5) is 10.7. The van der Waals surface area contributed by atoms with Crippen LogP contribution >= 0.6 is 12.4 Å². The molecule has 0 saturated heterocycles. The smallest absolute Gasteiger partial charge is 0.266 e. The summed E-state index contributed by atoms with van der Waals surface area (Å²) in [5.74, 6) is 0. The summed E-state index contributed by atoms with van der Waals surface area (Å²) in [5, 5.41) is 3.87. The summed E-state index contributed by atoms with van der Waals surface area (Å²) in [6, 6.07) is 3.08. The highest BCUT2D eigenvalue weighted by Crippen LogP contribution is 1.84. The number of aromatic nitrogens is 2. The largest absolute Gasteiger partial charge is 0.325 e. The standard InChI is InChI=1S/C6H9N3O.ClH/c1-9-6(10)3-2-5(4-7)8-9;/h2-3H,4,7H2,1H3;1H. The van der Waals surface area contributed by atoms with E-state index in [2.05, 4.69) is 5.10 Å². The number of nitrogens with two attached hydrogens (primary N) is 1. The van der Waals surface area contributed by atoms with Crippen molar-refractivity contribution < 1.29 is 0 Å². The molecule has 0 unspecified atom stereocenters. The molecule has 0 amide bonds. The van der Waals surface area contributed by atoms with E-state index in [1.54, 1.807) is 13.1 Å². The van der Waals surface area contributed by atoms with Gasteiger partial charge in [0.2, 0.25) is 0 Å². The van der Waals surface area contributed by atoms with Crippen molar-refractivity contribution in [2.24, 2.45) is 12.8 Å². The number of hydrogen-bond donors (Lipinski definition) is 1. The van der Waals surface area contributed by atoms with Gasteiger partial charge in [0.15, 0.2) is 0 Å². The van der Waals surface area contributed by atoms with Crippen molar-refractivity contribution in [1.29, 1.82) is 0 Å². The van der Waals surface area contributed by atoms with Crippen LogP contribution in [0, 0.1) is 0 Å².